The van der Waals surface area contributed by atoms with Gasteiger partial charge in [0.15, 0.2) is 0 Å². The second-order valence-electron chi connectivity index (χ2n) is 4.51. The monoisotopic (exact) mass is 293 g/mol. The highest BCUT2D eigenvalue weighted by molar-refractivity contribution is 7.07. The summed E-state index contributed by atoms with van der Waals surface area (Å²) in [5, 5.41) is 16.4. The normalized spacial score (nSPS) is 12.1. The maximum atomic E-state index is 12.7. The van der Waals surface area contributed by atoms with Crippen LogP contribution in [-0.2, 0) is 11.2 Å². The zero-order chi connectivity index (χ0) is 14.4. The van der Waals surface area contributed by atoms with Crippen LogP contribution in [0.4, 0.5) is 4.39 Å². The van der Waals surface area contributed by atoms with Crippen LogP contribution in [0.15, 0.2) is 41.1 Å². The summed E-state index contributed by atoms with van der Waals surface area (Å²) in [5.74, 6) is -0.442. The molecule has 1 atom stereocenters. The standard InChI is InChI=1S/C15H16FNO2S/c16-13-3-1-11(2-4-13)9-15(19)17-7-5-14(18)12-6-8-20-10-12/h1-4,6,8,10,14,18H,5,7,9H2,(H,17,19). The van der Waals surface area contributed by atoms with Gasteiger partial charge in [0.05, 0.1) is 12.5 Å². The first kappa shape index (κ1) is 14.7. The molecule has 0 aliphatic rings. The third-order valence-electron chi connectivity index (χ3n) is 2.95. The summed E-state index contributed by atoms with van der Waals surface area (Å²) >= 11 is 1.53. The van der Waals surface area contributed by atoms with Gasteiger partial charge in [-0.15, -0.1) is 0 Å². The van der Waals surface area contributed by atoms with Crippen LogP contribution in [0.25, 0.3) is 0 Å². The molecular formula is C15H16FNO2S. The van der Waals surface area contributed by atoms with Gasteiger partial charge in [-0.3, -0.25) is 4.79 Å². The molecule has 0 saturated carbocycles. The van der Waals surface area contributed by atoms with E-state index < -0.39 is 6.10 Å². The Hall–Kier alpha value is -1.72. The Labute approximate surface area is 121 Å². The predicted molar refractivity (Wildman–Crippen MR) is 77.0 cm³/mol. The smallest absolute Gasteiger partial charge is 0.224 e. The topological polar surface area (TPSA) is 49.3 Å². The van der Waals surface area contributed by atoms with E-state index in [1.54, 1.807) is 12.1 Å². The molecule has 0 fully saturated rings. The summed E-state index contributed by atoms with van der Waals surface area (Å²) in [4.78, 5) is 11.7. The first-order chi connectivity index (χ1) is 9.65. The van der Waals surface area contributed by atoms with E-state index in [0.29, 0.717) is 13.0 Å². The van der Waals surface area contributed by atoms with Crippen LogP contribution in [0.5, 0.6) is 0 Å². The van der Waals surface area contributed by atoms with Crippen molar-refractivity contribution in [3.8, 4) is 0 Å². The van der Waals surface area contributed by atoms with E-state index in [0.717, 1.165) is 11.1 Å². The third kappa shape index (κ3) is 4.43. The molecule has 106 valence electrons. The molecular weight excluding hydrogens is 277 g/mol. The van der Waals surface area contributed by atoms with E-state index in [1.807, 2.05) is 16.8 Å². The van der Waals surface area contributed by atoms with E-state index in [-0.39, 0.29) is 18.1 Å². The number of hydrogen-bond acceptors (Lipinski definition) is 3. The minimum absolute atomic E-state index is 0.130. The van der Waals surface area contributed by atoms with Gasteiger partial charge in [-0.1, -0.05) is 12.1 Å². The Bertz CT molecular complexity index is 540. The molecule has 20 heavy (non-hydrogen) atoms. The van der Waals surface area contributed by atoms with Crippen molar-refractivity contribution in [2.45, 2.75) is 18.9 Å². The number of halogens is 1. The van der Waals surface area contributed by atoms with E-state index in [9.17, 15) is 14.3 Å². The van der Waals surface area contributed by atoms with Crippen LogP contribution in [0, 0.1) is 5.82 Å². The van der Waals surface area contributed by atoms with E-state index >= 15 is 0 Å². The SMILES string of the molecule is O=C(Cc1ccc(F)cc1)NCCC(O)c1ccsc1. The van der Waals surface area contributed by atoms with Crippen molar-refractivity contribution in [3.63, 3.8) is 0 Å². The number of amides is 1. The molecule has 2 rings (SSSR count). The molecule has 0 aliphatic carbocycles. The fourth-order valence-corrected chi connectivity index (χ4v) is 2.54. The van der Waals surface area contributed by atoms with Crippen molar-refractivity contribution >= 4 is 17.2 Å². The Kier molecular flexibility index (Phi) is 5.26. The fourth-order valence-electron chi connectivity index (χ4n) is 1.83. The first-order valence-corrected chi connectivity index (χ1v) is 7.31. The number of nitrogens with one attached hydrogen (secondary N) is 1. The number of hydrogen-bond donors (Lipinski definition) is 2. The van der Waals surface area contributed by atoms with Gasteiger partial charge in [0, 0.05) is 6.54 Å². The summed E-state index contributed by atoms with van der Waals surface area (Å²) in [6.07, 6.45) is 0.146. The van der Waals surface area contributed by atoms with Crippen molar-refractivity contribution in [1.82, 2.24) is 5.32 Å². The van der Waals surface area contributed by atoms with Gasteiger partial charge in [-0.05, 0) is 46.5 Å². The van der Waals surface area contributed by atoms with Crippen LogP contribution < -0.4 is 5.32 Å². The van der Waals surface area contributed by atoms with E-state index in [2.05, 4.69) is 5.32 Å². The van der Waals surface area contributed by atoms with Crippen LogP contribution >= 0.6 is 11.3 Å². The third-order valence-corrected chi connectivity index (χ3v) is 3.65. The molecule has 0 radical (unpaired) electrons. The highest BCUT2D eigenvalue weighted by Gasteiger charge is 2.09. The van der Waals surface area contributed by atoms with Crippen molar-refractivity contribution < 1.29 is 14.3 Å². The first-order valence-electron chi connectivity index (χ1n) is 6.36. The van der Waals surface area contributed by atoms with Crippen molar-refractivity contribution in [1.29, 1.82) is 0 Å². The van der Waals surface area contributed by atoms with Gasteiger partial charge in [-0.25, -0.2) is 4.39 Å². The minimum Gasteiger partial charge on any atom is -0.388 e. The lowest BCUT2D eigenvalue weighted by Gasteiger charge is -2.10. The summed E-state index contributed by atoms with van der Waals surface area (Å²) < 4.78 is 12.7. The lowest BCUT2D eigenvalue weighted by molar-refractivity contribution is -0.120. The van der Waals surface area contributed by atoms with Crippen molar-refractivity contribution in [3.05, 3.63) is 58.0 Å². The molecule has 1 aromatic carbocycles. The Morgan fingerprint density at radius 1 is 1.30 bits per heavy atom. The highest BCUT2D eigenvalue weighted by Crippen LogP contribution is 2.18. The minimum atomic E-state index is -0.549. The fraction of sp³-hybridized carbons (Fsp3) is 0.267. The molecule has 0 saturated heterocycles. The van der Waals surface area contributed by atoms with Crippen molar-refractivity contribution in [2.75, 3.05) is 6.54 Å². The van der Waals surface area contributed by atoms with Crippen molar-refractivity contribution in [2.24, 2.45) is 0 Å². The summed E-state index contributed by atoms with van der Waals surface area (Å²) in [7, 11) is 0. The van der Waals surface area contributed by atoms with Gasteiger partial charge in [0.2, 0.25) is 5.91 Å². The molecule has 0 aliphatic heterocycles. The molecule has 0 bridgehead atoms. The molecule has 5 heteroatoms. The van der Waals surface area contributed by atoms with E-state index in [1.165, 1.54) is 23.5 Å². The number of benzene rings is 1. The quantitative estimate of drug-likeness (QED) is 0.860. The van der Waals surface area contributed by atoms with Gasteiger partial charge in [0.25, 0.3) is 0 Å². The molecule has 0 spiro atoms. The van der Waals surface area contributed by atoms with Crippen LogP contribution in [0.3, 0.4) is 0 Å². The van der Waals surface area contributed by atoms with Gasteiger partial charge < -0.3 is 10.4 Å². The Morgan fingerprint density at radius 3 is 2.70 bits per heavy atom. The molecule has 1 aromatic heterocycles. The number of rotatable bonds is 6. The molecule has 1 amide bonds. The number of carbonyl (C=O) groups is 1. The molecule has 3 nitrogen and oxygen atoms in total. The number of carbonyl (C=O) groups excluding carboxylic acids is 1. The lowest BCUT2D eigenvalue weighted by atomic mass is 10.1. The number of aliphatic hydroxyl groups excluding tert-OH is 1. The van der Waals surface area contributed by atoms with Gasteiger partial charge >= 0.3 is 0 Å². The lowest BCUT2D eigenvalue weighted by Crippen LogP contribution is -2.27. The average molecular weight is 293 g/mol. The second kappa shape index (κ2) is 7.17. The molecule has 1 heterocycles. The highest BCUT2D eigenvalue weighted by atomic mass is 32.1. The maximum Gasteiger partial charge on any atom is 0.224 e. The van der Waals surface area contributed by atoms with E-state index in [4.69, 9.17) is 0 Å². The molecule has 2 N–H and O–H groups in total. The second-order valence-corrected chi connectivity index (χ2v) is 5.29. The number of aliphatic hydroxyl groups is 1. The number of thiophene rings is 1. The van der Waals surface area contributed by atoms with Crippen LogP contribution in [0.2, 0.25) is 0 Å². The van der Waals surface area contributed by atoms with Crippen LogP contribution in [-0.4, -0.2) is 17.6 Å². The molecule has 1 unspecified atom stereocenters. The van der Waals surface area contributed by atoms with Crippen LogP contribution in [0.1, 0.15) is 23.7 Å². The summed E-state index contributed by atoms with van der Waals surface area (Å²) in [6, 6.07) is 7.73. The Morgan fingerprint density at radius 2 is 2.05 bits per heavy atom. The van der Waals surface area contributed by atoms with Gasteiger partial charge in [0.1, 0.15) is 5.82 Å². The maximum absolute atomic E-state index is 12.7. The average Bonchev–Trinajstić information content (AvgIpc) is 2.95. The predicted octanol–water partition coefficient (Wildman–Crippen LogP) is 2.67. The zero-order valence-electron chi connectivity index (χ0n) is 10.9. The Balaban J connectivity index is 1.71. The largest absolute Gasteiger partial charge is 0.388 e. The molecule has 2 aromatic rings. The summed E-state index contributed by atoms with van der Waals surface area (Å²) in [6.45, 7) is 0.414. The van der Waals surface area contributed by atoms with Gasteiger partial charge in [-0.2, -0.15) is 11.3 Å². The zero-order valence-corrected chi connectivity index (χ0v) is 11.7. The summed E-state index contributed by atoms with van der Waals surface area (Å²) in [5.41, 5.74) is 1.64.